The molecule has 1 fully saturated rings. The SMILES string of the molecule is Cc1ccc(CCN=C(N)N2CCCCC2)cc1. The zero-order valence-electron chi connectivity index (χ0n) is 11.2. The number of piperidine rings is 1. The number of guanidine groups is 1. The van der Waals surface area contributed by atoms with Crippen LogP contribution in [0.25, 0.3) is 0 Å². The molecule has 18 heavy (non-hydrogen) atoms. The Labute approximate surface area is 110 Å². The third-order valence-electron chi connectivity index (χ3n) is 3.47. The second-order valence-corrected chi connectivity index (χ2v) is 5.02. The smallest absolute Gasteiger partial charge is 0.191 e. The molecule has 0 atom stereocenters. The monoisotopic (exact) mass is 245 g/mol. The van der Waals surface area contributed by atoms with Gasteiger partial charge in [0, 0.05) is 19.6 Å². The molecule has 2 N–H and O–H groups in total. The highest BCUT2D eigenvalue weighted by molar-refractivity contribution is 5.78. The molecule has 1 heterocycles. The molecule has 0 aromatic heterocycles. The molecule has 98 valence electrons. The van der Waals surface area contributed by atoms with E-state index < -0.39 is 0 Å². The van der Waals surface area contributed by atoms with Crippen molar-refractivity contribution in [2.45, 2.75) is 32.6 Å². The van der Waals surface area contributed by atoms with Gasteiger partial charge < -0.3 is 10.6 Å². The molecule has 0 aliphatic carbocycles. The number of rotatable bonds is 3. The van der Waals surface area contributed by atoms with E-state index in [1.165, 1.54) is 30.4 Å². The maximum Gasteiger partial charge on any atom is 0.191 e. The highest BCUT2D eigenvalue weighted by Gasteiger charge is 2.11. The van der Waals surface area contributed by atoms with Crippen LogP contribution in [-0.4, -0.2) is 30.5 Å². The summed E-state index contributed by atoms with van der Waals surface area (Å²) >= 11 is 0. The Morgan fingerprint density at radius 3 is 2.50 bits per heavy atom. The molecule has 0 radical (unpaired) electrons. The molecule has 0 spiro atoms. The molecule has 0 saturated carbocycles. The summed E-state index contributed by atoms with van der Waals surface area (Å²) in [6, 6.07) is 8.63. The molecule has 1 aromatic carbocycles. The summed E-state index contributed by atoms with van der Waals surface area (Å²) in [5, 5.41) is 0. The molecule has 2 rings (SSSR count). The summed E-state index contributed by atoms with van der Waals surface area (Å²) in [5.41, 5.74) is 8.64. The second kappa shape index (κ2) is 6.43. The van der Waals surface area contributed by atoms with Gasteiger partial charge in [0.1, 0.15) is 0 Å². The Kier molecular flexibility index (Phi) is 4.62. The Bertz CT molecular complexity index is 389. The number of benzene rings is 1. The van der Waals surface area contributed by atoms with E-state index in [2.05, 4.69) is 41.1 Å². The van der Waals surface area contributed by atoms with Crippen molar-refractivity contribution in [1.29, 1.82) is 0 Å². The van der Waals surface area contributed by atoms with Gasteiger partial charge in [-0.25, -0.2) is 0 Å². The van der Waals surface area contributed by atoms with Gasteiger partial charge in [-0.3, -0.25) is 4.99 Å². The molecule has 0 unspecified atom stereocenters. The third kappa shape index (κ3) is 3.76. The van der Waals surface area contributed by atoms with Crippen molar-refractivity contribution < 1.29 is 0 Å². The summed E-state index contributed by atoms with van der Waals surface area (Å²) in [6.07, 6.45) is 4.78. The molecule has 1 aliphatic rings. The summed E-state index contributed by atoms with van der Waals surface area (Å²) in [5.74, 6) is 0.724. The first-order valence-electron chi connectivity index (χ1n) is 6.86. The van der Waals surface area contributed by atoms with E-state index in [0.29, 0.717) is 0 Å². The van der Waals surface area contributed by atoms with Gasteiger partial charge in [0.2, 0.25) is 0 Å². The predicted octanol–water partition coefficient (Wildman–Crippen LogP) is 2.34. The van der Waals surface area contributed by atoms with Gasteiger partial charge in [-0.2, -0.15) is 0 Å². The average Bonchev–Trinajstić information content (AvgIpc) is 2.42. The van der Waals surface area contributed by atoms with E-state index in [4.69, 9.17) is 5.73 Å². The summed E-state index contributed by atoms with van der Waals surface area (Å²) < 4.78 is 0. The van der Waals surface area contributed by atoms with E-state index in [9.17, 15) is 0 Å². The summed E-state index contributed by atoms with van der Waals surface area (Å²) in [6.45, 7) is 5.03. The minimum absolute atomic E-state index is 0.724. The molecule has 0 bridgehead atoms. The minimum atomic E-state index is 0.724. The van der Waals surface area contributed by atoms with Crippen LogP contribution in [0.5, 0.6) is 0 Å². The van der Waals surface area contributed by atoms with Gasteiger partial charge in [0.15, 0.2) is 5.96 Å². The van der Waals surface area contributed by atoms with Crippen LogP contribution in [-0.2, 0) is 6.42 Å². The van der Waals surface area contributed by atoms with Crippen molar-refractivity contribution in [1.82, 2.24) is 4.90 Å². The minimum Gasteiger partial charge on any atom is -0.370 e. The fourth-order valence-electron chi connectivity index (χ4n) is 2.28. The Hall–Kier alpha value is -1.51. The number of nitrogens with zero attached hydrogens (tertiary/aromatic N) is 2. The lowest BCUT2D eigenvalue weighted by atomic mass is 10.1. The molecule has 1 aliphatic heterocycles. The molecule has 1 saturated heterocycles. The van der Waals surface area contributed by atoms with Gasteiger partial charge in [0.25, 0.3) is 0 Å². The van der Waals surface area contributed by atoms with Gasteiger partial charge >= 0.3 is 0 Å². The van der Waals surface area contributed by atoms with Crippen molar-refractivity contribution in [2.24, 2.45) is 10.7 Å². The van der Waals surface area contributed by atoms with Crippen molar-refractivity contribution in [3.8, 4) is 0 Å². The first-order chi connectivity index (χ1) is 8.75. The largest absolute Gasteiger partial charge is 0.370 e. The predicted molar refractivity (Wildman–Crippen MR) is 76.8 cm³/mol. The molecule has 1 aromatic rings. The van der Waals surface area contributed by atoms with E-state index in [1.807, 2.05) is 0 Å². The lowest BCUT2D eigenvalue weighted by Crippen LogP contribution is -2.41. The number of aryl methyl sites for hydroxylation is 1. The van der Waals surface area contributed by atoms with Gasteiger partial charge in [0.05, 0.1) is 0 Å². The topological polar surface area (TPSA) is 41.6 Å². The highest BCUT2D eigenvalue weighted by Crippen LogP contribution is 2.08. The maximum atomic E-state index is 6.01. The van der Waals surface area contributed by atoms with Crippen LogP contribution in [0, 0.1) is 6.92 Å². The van der Waals surface area contributed by atoms with Crippen LogP contribution in [0.4, 0.5) is 0 Å². The Balaban J connectivity index is 1.81. The number of hydrogen-bond donors (Lipinski definition) is 1. The lowest BCUT2D eigenvalue weighted by Gasteiger charge is -2.27. The van der Waals surface area contributed by atoms with Crippen LogP contribution >= 0.6 is 0 Å². The first kappa shape index (κ1) is 12.9. The highest BCUT2D eigenvalue weighted by atomic mass is 15.2. The second-order valence-electron chi connectivity index (χ2n) is 5.02. The number of likely N-dealkylation sites (tertiary alicyclic amines) is 1. The zero-order valence-corrected chi connectivity index (χ0v) is 11.2. The fourth-order valence-corrected chi connectivity index (χ4v) is 2.28. The maximum absolute atomic E-state index is 6.01. The van der Waals surface area contributed by atoms with E-state index in [1.54, 1.807) is 0 Å². The average molecular weight is 245 g/mol. The van der Waals surface area contributed by atoms with Gasteiger partial charge in [-0.15, -0.1) is 0 Å². The van der Waals surface area contributed by atoms with E-state index >= 15 is 0 Å². The number of hydrogen-bond acceptors (Lipinski definition) is 1. The Morgan fingerprint density at radius 2 is 1.83 bits per heavy atom. The van der Waals surface area contributed by atoms with Crippen LogP contribution in [0.2, 0.25) is 0 Å². The molecular weight excluding hydrogens is 222 g/mol. The van der Waals surface area contributed by atoms with E-state index in [-0.39, 0.29) is 0 Å². The lowest BCUT2D eigenvalue weighted by molar-refractivity contribution is 0.338. The van der Waals surface area contributed by atoms with Crippen LogP contribution in [0.1, 0.15) is 30.4 Å². The first-order valence-corrected chi connectivity index (χ1v) is 6.86. The van der Waals surface area contributed by atoms with Crippen molar-refractivity contribution in [3.05, 3.63) is 35.4 Å². The molecule has 0 amide bonds. The van der Waals surface area contributed by atoms with Crippen LogP contribution < -0.4 is 5.73 Å². The molecule has 3 heteroatoms. The summed E-state index contributed by atoms with van der Waals surface area (Å²) in [7, 11) is 0. The molecule has 3 nitrogen and oxygen atoms in total. The third-order valence-corrected chi connectivity index (χ3v) is 3.47. The Morgan fingerprint density at radius 1 is 1.17 bits per heavy atom. The fraction of sp³-hybridized carbons (Fsp3) is 0.533. The number of aliphatic imine (C=N–C) groups is 1. The van der Waals surface area contributed by atoms with Crippen LogP contribution in [0.15, 0.2) is 29.3 Å². The van der Waals surface area contributed by atoms with Gasteiger partial charge in [-0.1, -0.05) is 29.8 Å². The quantitative estimate of drug-likeness (QED) is 0.656. The van der Waals surface area contributed by atoms with Crippen molar-refractivity contribution in [3.63, 3.8) is 0 Å². The zero-order chi connectivity index (χ0) is 12.8. The number of nitrogens with two attached hydrogens (primary N) is 1. The molecular formula is C15H23N3. The van der Waals surface area contributed by atoms with Crippen molar-refractivity contribution >= 4 is 5.96 Å². The summed E-state index contributed by atoms with van der Waals surface area (Å²) in [4.78, 5) is 6.69. The van der Waals surface area contributed by atoms with Crippen molar-refractivity contribution in [2.75, 3.05) is 19.6 Å². The van der Waals surface area contributed by atoms with E-state index in [0.717, 1.165) is 32.0 Å². The normalized spacial score (nSPS) is 16.9. The van der Waals surface area contributed by atoms with Gasteiger partial charge in [-0.05, 0) is 38.2 Å². The standard InChI is InChI=1S/C15H23N3/c1-13-5-7-14(8-6-13)9-10-17-15(16)18-11-3-2-4-12-18/h5-8H,2-4,9-12H2,1H3,(H2,16,17). The van der Waals surface area contributed by atoms with Crippen LogP contribution in [0.3, 0.4) is 0 Å².